The van der Waals surface area contributed by atoms with Gasteiger partial charge in [-0.1, -0.05) is 29.8 Å². The molecule has 0 radical (unpaired) electrons. The lowest BCUT2D eigenvalue weighted by Crippen LogP contribution is -2.38. The number of nitrogens with one attached hydrogen (secondary N) is 1. The van der Waals surface area contributed by atoms with Crippen molar-refractivity contribution >= 4 is 5.91 Å². The number of hydrogen-bond acceptors (Lipinski definition) is 3. The summed E-state index contributed by atoms with van der Waals surface area (Å²) in [7, 11) is 0. The number of halogens is 3. The molecule has 0 saturated carbocycles. The summed E-state index contributed by atoms with van der Waals surface area (Å²) < 4.78 is 37.0. The molecule has 1 fully saturated rings. The van der Waals surface area contributed by atoms with Crippen LogP contribution in [0.3, 0.4) is 0 Å². The summed E-state index contributed by atoms with van der Waals surface area (Å²) in [5, 5.41) is 2.75. The topological polar surface area (TPSA) is 58.4 Å². The van der Waals surface area contributed by atoms with Crippen molar-refractivity contribution < 1.29 is 18.0 Å². The molecule has 1 aliphatic heterocycles. The van der Waals surface area contributed by atoms with E-state index in [1.54, 1.807) is 12.1 Å². The van der Waals surface area contributed by atoms with Crippen LogP contribution < -0.4 is 11.1 Å². The van der Waals surface area contributed by atoms with E-state index in [2.05, 4.69) is 5.32 Å². The summed E-state index contributed by atoms with van der Waals surface area (Å²) in [5.41, 5.74) is 7.71. The van der Waals surface area contributed by atoms with E-state index in [9.17, 15) is 18.0 Å². The number of alkyl halides is 3. The van der Waals surface area contributed by atoms with Crippen molar-refractivity contribution in [3.63, 3.8) is 0 Å². The normalized spacial score (nSPS) is 20.5. The Balaban J connectivity index is 1.77. The molecule has 0 aromatic heterocycles. The monoisotopic (exact) mass is 329 g/mol. The van der Waals surface area contributed by atoms with Crippen LogP contribution in [0.25, 0.3) is 0 Å². The number of carbonyl (C=O) groups excluding carboxylic acids is 1. The molecule has 1 heterocycles. The second kappa shape index (κ2) is 7.31. The Bertz CT molecular complexity index is 530. The molecule has 1 aliphatic rings. The molecule has 1 amide bonds. The summed E-state index contributed by atoms with van der Waals surface area (Å²) >= 11 is 0. The minimum atomic E-state index is -4.17. The van der Waals surface area contributed by atoms with Gasteiger partial charge < -0.3 is 11.1 Å². The first kappa shape index (κ1) is 17.7. The molecule has 2 unspecified atom stereocenters. The summed E-state index contributed by atoms with van der Waals surface area (Å²) in [6.07, 6.45) is -3.53. The van der Waals surface area contributed by atoms with Gasteiger partial charge in [0.1, 0.15) is 6.04 Å². The first-order chi connectivity index (χ1) is 10.7. The van der Waals surface area contributed by atoms with E-state index in [0.29, 0.717) is 26.1 Å². The number of likely N-dealkylation sites (tertiary alicyclic amines) is 1. The molecule has 0 aliphatic carbocycles. The minimum absolute atomic E-state index is 0.0338. The Labute approximate surface area is 133 Å². The molecule has 0 spiro atoms. The molecule has 7 heteroatoms. The molecule has 4 nitrogen and oxygen atoms in total. The molecule has 1 saturated heterocycles. The average Bonchev–Trinajstić information content (AvgIpc) is 2.90. The van der Waals surface area contributed by atoms with E-state index in [-0.39, 0.29) is 11.8 Å². The minimum Gasteiger partial charge on any atom is -0.354 e. The largest absolute Gasteiger partial charge is 0.401 e. The highest BCUT2D eigenvalue weighted by Crippen LogP contribution is 2.22. The smallest absolute Gasteiger partial charge is 0.354 e. The maximum Gasteiger partial charge on any atom is 0.401 e. The van der Waals surface area contributed by atoms with Gasteiger partial charge in [-0.05, 0) is 31.4 Å². The predicted octanol–water partition coefficient (Wildman–Crippen LogP) is 2.00. The average molecular weight is 329 g/mol. The maximum absolute atomic E-state index is 12.3. The quantitative estimate of drug-likeness (QED) is 0.869. The van der Waals surface area contributed by atoms with E-state index in [1.165, 1.54) is 4.90 Å². The fourth-order valence-electron chi connectivity index (χ4n) is 2.76. The van der Waals surface area contributed by atoms with Crippen molar-refractivity contribution in [1.29, 1.82) is 0 Å². The second-order valence-corrected chi connectivity index (χ2v) is 6.14. The van der Waals surface area contributed by atoms with Crippen LogP contribution in [0.2, 0.25) is 0 Å². The van der Waals surface area contributed by atoms with Crippen LogP contribution in [0.4, 0.5) is 13.2 Å². The van der Waals surface area contributed by atoms with Crippen LogP contribution in [0, 0.1) is 12.8 Å². The fraction of sp³-hybridized carbons (Fsp3) is 0.562. The molecule has 2 rings (SSSR count). The zero-order valence-electron chi connectivity index (χ0n) is 13.1. The van der Waals surface area contributed by atoms with Crippen LogP contribution in [0.5, 0.6) is 0 Å². The SMILES string of the molecule is Cc1ccc(C(N)C(=O)NCC2CCN(CC(F)(F)F)C2)cc1. The Morgan fingerprint density at radius 2 is 2.04 bits per heavy atom. The van der Waals surface area contributed by atoms with Crippen molar-refractivity contribution in [2.24, 2.45) is 11.7 Å². The maximum atomic E-state index is 12.3. The Morgan fingerprint density at radius 1 is 1.39 bits per heavy atom. The molecular weight excluding hydrogens is 307 g/mol. The van der Waals surface area contributed by atoms with Crippen LogP contribution in [-0.2, 0) is 4.79 Å². The van der Waals surface area contributed by atoms with Gasteiger partial charge in [0.05, 0.1) is 6.54 Å². The van der Waals surface area contributed by atoms with Crippen LogP contribution in [-0.4, -0.2) is 43.2 Å². The summed E-state index contributed by atoms with van der Waals surface area (Å²) in [6, 6.07) is 6.62. The first-order valence-electron chi connectivity index (χ1n) is 7.63. The van der Waals surface area contributed by atoms with Crippen molar-refractivity contribution in [1.82, 2.24) is 10.2 Å². The van der Waals surface area contributed by atoms with Gasteiger partial charge in [-0.25, -0.2) is 0 Å². The lowest BCUT2D eigenvalue weighted by atomic mass is 10.0. The van der Waals surface area contributed by atoms with Crippen LogP contribution in [0.15, 0.2) is 24.3 Å². The molecule has 2 atom stereocenters. The van der Waals surface area contributed by atoms with E-state index < -0.39 is 18.8 Å². The lowest BCUT2D eigenvalue weighted by Gasteiger charge is -2.18. The van der Waals surface area contributed by atoms with Crippen molar-refractivity contribution in [2.45, 2.75) is 25.6 Å². The standard InChI is InChI=1S/C16H22F3N3O/c1-11-2-4-13(5-3-11)14(20)15(23)21-8-12-6-7-22(9-12)10-16(17,18)19/h2-5,12,14H,6-10,20H2,1H3,(H,21,23). The number of benzene rings is 1. The Hall–Kier alpha value is -1.60. The van der Waals surface area contributed by atoms with Gasteiger partial charge >= 0.3 is 6.18 Å². The highest BCUT2D eigenvalue weighted by molar-refractivity contribution is 5.82. The Morgan fingerprint density at radius 3 is 2.65 bits per heavy atom. The number of amides is 1. The molecule has 0 bridgehead atoms. The number of aryl methyl sites for hydroxylation is 1. The Kier molecular flexibility index (Phi) is 5.64. The second-order valence-electron chi connectivity index (χ2n) is 6.14. The van der Waals surface area contributed by atoms with E-state index in [0.717, 1.165) is 11.1 Å². The predicted molar refractivity (Wildman–Crippen MR) is 81.7 cm³/mol. The molecular formula is C16H22F3N3O. The van der Waals surface area contributed by atoms with E-state index in [1.807, 2.05) is 19.1 Å². The van der Waals surface area contributed by atoms with Crippen LogP contribution >= 0.6 is 0 Å². The van der Waals surface area contributed by atoms with Crippen molar-refractivity contribution in [3.05, 3.63) is 35.4 Å². The van der Waals surface area contributed by atoms with E-state index in [4.69, 9.17) is 5.73 Å². The highest BCUT2D eigenvalue weighted by atomic mass is 19.4. The molecule has 23 heavy (non-hydrogen) atoms. The van der Waals surface area contributed by atoms with Crippen LogP contribution in [0.1, 0.15) is 23.6 Å². The molecule has 1 aromatic carbocycles. The third-order valence-corrected chi connectivity index (χ3v) is 4.06. The third kappa shape index (κ3) is 5.51. The van der Waals surface area contributed by atoms with E-state index >= 15 is 0 Å². The van der Waals surface area contributed by atoms with Crippen molar-refractivity contribution in [3.8, 4) is 0 Å². The molecule has 3 N–H and O–H groups in total. The van der Waals surface area contributed by atoms with Crippen molar-refractivity contribution in [2.75, 3.05) is 26.2 Å². The van der Waals surface area contributed by atoms with Gasteiger partial charge in [0, 0.05) is 13.1 Å². The zero-order chi connectivity index (χ0) is 17.0. The highest BCUT2D eigenvalue weighted by Gasteiger charge is 2.34. The fourth-order valence-corrected chi connectivity index (χ4v) is 2.76. The molecule has 128 valence electrons. The van der Waals surface area contributed by atoms with Gasteiger partial charge in [-0.3, -0.25) is 9.69 Å². The summed E-state index contributed by atoms with van der Waals surface area (Å²) in [6.45, 7) is 2.17. The van der Waals surface area contributed by atoms with Gasteiger partial charge in [-0.2, -0.15) is 13.2 Å². The van der Waals surface area contributed by atoms with Gasteiger partial charge in [-0.15, -0.1) is 0 Å². The van der Waals surface area contributed by atoms with Gasteiger partial charge in [0.15, 0.2) is 0 Å². The number of rotatable bonds is 5. The number of nitrogens with zero attached hydrogens (tertiary/aromatic N) is 1. The van der Waals surface area contributed by atoms with Gasteiger partial charge in [0.2, 0.25) is 5.91 Å². The number of hydrogen-bond donors (Lipinski definition) is 2. The lowest BCUT2D eigenvalue weighted by molar-refractivity contribution is -0.143. The first-order valence-corrected chi connectivity index (χ1v) is 7.63. The molecule has 1 aromatic rings. The summed E-state index contributed by atoms with van der Waals surface area (Å²) in [4.78, 5) is 13.4. The zero-order valence-corrected chi connectivity index (χ0v) is 13.1. The summed E-state index contributed by atoms with van der Waals surface area (Å²) in [5.74, 6) is -0.269. The number of nitrogens with two attached hydrogens (primary N) is 1. The number of carbonyl (C=O) groups is 1. The van der Waals surface area contributed by atoms with Gasteiger partial charge in [0.25, 0.3) is 0 Å². The third-order valence-electron chi connectivity index (χ3n) is 4.06.